The maximum absolute atomic E-state index is 13.6. The molecule has 5 heteroatoms. The fourth-order valence-electron chi connectivity index (χ4n) is 4.45. The van der Waals surface area contributed by atoms with E-state index in [2.05, 4.69) is 34.6 Å². The molecule has 3 nitrogen and oxygen atoms in total. The number of nitrogens with one attached hydrogen (secondary N) is 1. The van der Waals surface area contributed by atoms with Gasteiger partial charge in [0.1, 0.15) is 5.82 Å². The Morgan fingerprint density at radius 2 is 1.90 bits per heavy atom. The number of hydrogen-bond acceptors (Lipinski definition) is 2. The molecule has 0 bridgehead atoms. The Bertz CT molecular complexity index is 1030. The van der Waals surface area contributed by atoms with Gasteiger partial charge in [-0.3, -0.25) is 9.78 Å². The van der Waals surface area contributed by atoms with Gasteiger partial charge in [0, 0.05) is 23.2 Å². The average Bonchev–Trinajstić information content (AvgIpc) is 2.75. The van der Waals surface area contributed by atoms with Gasteiger partial charge in [0.2, 0.25) is 5.91 Å². The monoisotopic (exact) mass is 410 g/mol. The lowest BCUT2D eigenvalue weighted by atomic mass is 9.73. The SMILES string of the molecule is CC(C(=O)Nc1ccc(Cl)c(F)c1)C1CCC(c2ccnc3ccccc23)CC1. The molecule has 1 unspecified atom stereocenters. The van der Waals surface area contributed by atoms with Crippen molar-refractivity contribution < 1.29 is 9.18 Å². The zero-order valence-electron chi connectivity index (χ0n) is 16.4. The van der Waals surface area contributed by atoms with Crippen molar-refractivity contribution in [2.75, 3.05) is 5.32 Å². The van der Waals surface area contributed by atoms with E-state index >= 15 is 0 Å². The Labute approximate surface area is 175 Å². The number of aromatic nitrogens is 1. The molecule has 2 aromatic carbocycles. The van der Waals surface area contributed by atoms with E-state index < -0.39 is 5.82 Å². The number of anilines is 1. The molecule has 1 heterocycles. The number of halogens is 2. The zero-order chi connectivity index (χ0) is 20.4. The molecule has 0 saturated heterocycles. The number of nitrogens with zero attached hydrogens (tertiary/aromatic N) is 1. The molecule has 1 N–H and O–H groups in total. The van der Waals surface area contributed by atoms with Crippen LogP contribution in [-0.2, 0) is 4.79 Å². The molecule has 1 amide bonds. The van der Waals surface area contributed by atoms with Crippen molar-refractivity contribution in [2.45, 2.75) is 38.5 Å². The predicted molar refractivity (Wildman–Crippen MR) is 116 cm³/mol. The van der Waals surface area contributed by atoms with Crippen LogP contribution in [0.5, 0.6) is 0 Å². The molecule has 1 aromatic heterocycles. The van der Waals surface area contributed by atoms with Crippen LogP contribution in [0.1, 0.15) is 44.1 Å². The summed E-state index contributed by atoms with van der Waals surface area (Å²) in [5.41, 5.74) is 2.85. The average molecular weight is 411 g/mol. The summed E-state index contributed by atoms with van der Waals surface area (Å²) in [6.07, 6.45) is 6.03. The summed E-state index contributed by atoms with van der Waals surface area (Å²) in [5, 5.41) is 4.11. The van der Waals surface area contributed by atoms with E-state index in [1.54, 1.807) is 6.07 Å². The molecule has 150 valence electrons. The highest BCUT2D eigenvalue weighted by Gasteiger charge is 2.30. The molecule has 1 saturated carbocycles. The normalized spacial score (nSPS) is 20.4. The number of para-hydroxylation sites is 1. The molecule has 29 heavy (non-hydrogen) atoms. The Morgan fingerprint density at radius 3 is 2.66 bits per heavy atom. The molecule has 4 rings (SSSR count). The van der Waals surface area contributed by atoms with Crippen molar-refractivity contribution >= 4 is 34.1 Å². The second-order valence-corrected chi connectivity index (χ2v) is 8.34. The second-order valence-electron chi connectivity index (χ2n) is 7.94. The number of hydrogen-bond donors (Lipinski definition) is 1. The van der Waals surface area contributed by atoms with Crippen molar-refractivity contribution in [3.8, 4) is 0 Å². The first-order valence-corrected chi connectivity index (χ1v) is 10.5. The number of fused-ring (bicyclic) bond motifs is 1. The Kier molecular flexibility index (Phi) is 5.81. The number of rotatable bonds is 4. The molecular weight excluding hydrogens is 387 g/mol. The Morgan fingerprint density at radius 1 is 1.14 bits per heavy atom. The smallest absolute Gasteiger partial charge is 0.227 e. The highest BCUT2D eigenvalue weighted by atomic mass is 35.5. The molecule has 1 fully saturated rings. The van der Waals surface area contributed by atoms with Crippen LogP contribution in [0.15, 0.2) is 54.7 Å². The summed E-state index contributed by atoms with van der Waals surface area (Å²) in [6.45, 7) is 1.97. The van der Waals surface area contributed by atoms with Crippen LogP contribution in [0.4, 0.5) is 10.1 Å². The van der Waals surface area contributed by atoms with Gasteiger partial charge in [0.15, 0.2) is 0 Å². The first-order chi connectivity index (χ1) is 14.0. The van der Waals surface area contributed by atoms with Crippen LogP contribution < -0.4 is 5.32 Å². The van der Waals surface area contributed by atoms with Crippen molar-refractivity contribution in [1.29, 1.82) is 0 Å². The summed E-state index contributed by atoms with van der Waals surface area (Å²) in [7, 11) is 0. The minimum Gasteiger partial charge on any atom is -0.326 e. The second kappa shape index (κ2) is 8.50. The van der Waals surface area contributed by atoms with Gasteiger partial charge in [-0.1, -0.05) is 36.7 Å². The summed E-state index contributed by atoms with van der Waals surface area (Å²) >= 11 is 5.71. The summed E-state index contributed by atoms with van der Waals surface area (Å²) in [5.74, 6) is 0.117. The van der Waals surface area contributed by atoms with Crippen molar-refractivity contribution in [1.82, 2.24) is 4.98 Å². The third-order valence-corrected chi connectivity index (χ3v) is 6.51. The van der Waals surface area contributed by atoms with Gasteiger partial charge in [-0.05, 0) is 73.4 Å². The van der Waals surface area contributed by atoms with Crippen LogP contribution in [0.25, 0.3) is 10.9 Å². The van der Waals surface area contributed by atoms with Gasteiger partial charge < -0.3 is 5.32 Å². The number of carbonyl (C=O) groups excluding carboxylic acids is 1. The molecule has 0 spiro atoms. The standard InChI is InChI=1S/C24H24ClFN2O/c1-15(24(29)28-18-10-11-21(25)22(26)14-18)16-6-8-17(9-7-16)19-12-13-27-23-5-3-2-4-20(19)23/h2-5,10-17H,6-9H2,1H3,(H,28,29). The van der Waals surface area contributed by atoms with Crippen molar-refractivity contribution in [3.63, 3.8) is 0 Å². The summed E-state index contributed by atoms with van der Waals surface area (Å²) in [4.78, 5) is 17.1. The molecule has 0 aliphatic heterocycles. The molecule has 1 atom stereocenters. The summed E-state index contributed by atoms with van der Waals surface area (Å²) < 4.78 is 13.6. The van der Waals surface area contributed by atoms with E-state index in [4.69, 9.17) is 11.6 Å². The van der Waals surface area contributed by atoms with Crippen molar-refractivity contribution in [3.05, 3.63) is 71.1 Å². The third-order valence-electron chi connectivity index (χ3n) is 6.20. The van der Waals surface area contributed by atoms with Gasteiger partial charge >= 0.3 is 0 Å². The fraction of sp³-hybridized carbons (Fsp3) is 0.333. The first kappa shape index (κ1) is 19.8. The van der Waals surface area contributed by atoms with Crippen LogP contribution in [0, 0.1) is 17.7 Å². The van der Waals surface area contributed by atoms with E-state index in [0.717, 1.165) is 31.2 Å². The molecule has 0 radical (unpaired) electrons. The highest BCUT2D eigenvalue weighted by molar-refractivity contribution is 6.30. The third kappa shape index (κ3) is 4.27. The van der Waals surface area contributed by atoms with E-state index in [1.807, 2.05) is 19.2 Å². The maximum atomic E-state index is 13.6. The quantitative estimate of drug-likeness (QED) is 0.528. The maximum Gasteiger partial charge on any atom is 0.227 e. The first-order valence-electron chi connectivity index (χ1n) is 10.1. The lowest BCUT2D eigenvalue weighted by molar-refractivity contribution is -0.121. The van der Waals surface area contributed by atoms with Crippen LogP contribution in [0.3, 0.4) is 0 Å². The minimum atomic E-state index is -0.526. The zero-order valence-corrected chi connectivity index (χ0v) is 17.1. The Hall–Kier alpha value is -2.46. The van der Waals surface area contributed by atoms with Crippen LogP contribution in [-0.4, -0.2) is 10.9 Å². The Balaban J connectivity index is 1.39. The van der Waals surface area contributed by atoms with Gasteiger partial charge in [-0.2, -0.15) is 0 Å². The van der Waals surface area contributed by atoms with E-state index in [-0.39, 0.29) is 16.8 Å². The van der Waals surface area contributed by atoms with Gasteiger partial charge in [-0.15, -0.1) is 0 Å². The summed E-state index contributed by atoms with van der Waals surface area (Å²) in [6, 6.07) is 14.8. The van der Waals surface area contributed by atoms with Crippen molar-refractivity contribution in [2.24, 2.45) is 11.8 Å². The van der Waals surface area contributed by atoms with Gasteiger partial charge in [0.25, 0.3) is 0 Å². The lowest BCUT2D eigenvalue weighted by Gasteiger charge is -2.32. The minimum absolute atomic E-state index is 0.0537. The number of carbonyl (C=O) groups is 1. The number of amides is 1. The topological polar surface area (TPSA) is 42.0 Å². The molecule has 1 aliphatic carbocycles. The molecule has 3 aromatic rings. The lowest BCUT2D eigenvalue weighted by Crippen LogP contribution is -2.29. The van der Waals surface area contributed by atoms with E-state index in [9.17, 15) is 9.18 Å². The number of benzene rings is 2. The highest BCUT2D eigenvalue weighted by Crippen LogP contribution is 2.40. The van der Waals surface area contributed by atoms with Gasteiger partial charge in [-0.25, -0.2) is 4.39 Å². The largest absolute Gasteiger partial charge is 0.326 e. The molecular formula is C24H24ClFN2O. The van der Waals surface area contributed by atoms with Crippen LogP contribution in [0.2, 0.25) is 5.02 Å². The predicted octanol–water partition coefficient (Wildman–Crippen LogP) is 6.58. The molecule has 1 aliphatic rings. The fourth-order valence-corrected chi connectivity index (χ4v) is 4.57. The number of pyridine rings is 1. The van der Waals surface area contributed by atoms with E-state index in [1.165, 1.54) is 23.1 Å². The van der Waals surface area contributed by atoms with Gasteiger partial charge in [0.05, 0.1) is 10.5 Å². The van der Waals surface area contributed by atoms with E-state index in [0.29, 0.717) is 17.5 Å². The van der Waals surface area contributed by atoms with Crippen LogP contribution >= 0.6 is 11.6 Å².